The molecule has 1 N–H and O–H groups in total. The van der Waals surface area contributed by atoms with Gasteiger partial charge in [-0.05, 0) is 34.0 Å². The van der Waals surface area contributed by atoms with Crippen molar-refractivity contribution < 1.29 is 19.0 Å². The lowest BCUT2D eigenvalue weighted by Crippen LogP contribution is -2.26. The maximum Gasteiger partial charge on any atom is 0.252 e. The fourth-order valence-corrected chi connectivity index (χ4v) is 2.98. The van der Waals surface area contributed by atoms with E-state index in [2.05, 4.69) is 21.2 Å². The first-order chi connectivity index (χ1) is 11.6. The number of methoxy groups -OCH3 is 3. The van der Waals surface area contributed by atoms with Crippen LogP contribution in [0.4, 0.5) is 0 Å². The van der Waals surface area contributed by atoms with Gasteiger partial charge in [0.05, 0.1) is 31.4 Å². The zero-order valence-electron chi connectivity index (χ0n) is 13.9. The minimum absolute atomic E-state index is 0.211. The van der Waals surface area contributed by atoms with Crippen molar-refractivity contribution in [2.24, 2.45) is 0 Å². The maximum atomic E-state index is 12.5. The molecule has 2 rings (SSSR count). The average molecular weight is 394 g/mol. The Labute approximate surface area is 150 Å². The Morgan fingerprint density at radius 2 is 1.71 bits per heavy atom. The summed E-state index contributed by atoms with van der Waals surface area (Å²) in [6.07, 6.45) is 0.759. The molecule has 6 heteroatoms. The molecule has 0 aliphatic carbocycles. The van der Waals surface area contributed by atoms with Gasteiger partial charge in [-0.3, -0.25) is 4.79 Å². The first-order valence-corrected chi connectivity index (χ1v) is 8.22. The minimum atomic E-state index is -0.211. The summed E-state index contributed by atoms with van der Waals surface area (Å²) in [5, 5.41) is 2.91. The van der Waals surface area contributed by atoms with Gasteiger partial charge in [0.2, 0.25) is 5.75 Å². The van der Waals surface area contributed by atoms with E-state index in [1.54, 1.807) is 6.07 Å². The van der Waals surface area contributed by atoms with Crippen LogP contribution < -0.4 is 19.5 Å². The number of amides is 1. The van der Waals surface area contributed by atoms with Crippen LogP contribution in [0.1, 0.15) is 15.9 Å². The van der Waals surface area contributed by atoms with E-state index < -0.39 is 0 Å². The van der Waals surface area contributed by atoms with Crippen LogP contribution in [0.15, 0.2) is 40.9 Å². The summed E-state index contributed by atoms with van der Waals surface area (Å²) in [5.41, 5.74) is 1.60. The second kappa shape index (κ2) is 8.59. The minimum Gasteiger partial charge on any atom is -0.493 e. The molecule has 1 amide bonds. The predicted molar refractivity (Wildman–Crippen MR) is 96.3 cm³/mol. The van der Waals surface area contributed by atoms with Crippen molar-refractivity contribution in [2.75, 3.05) is 27.9 Å². The van der Waals surface area contributed by atoms with Gasteiger partial charge in [-0.1, -0.05) is 30.3 Å². The maximum absolute atomic E-state index is 12.5. The summed E-state index contributed by atoms with van der Waals surface area (Å²) < 4.78 is 16.5. The Kier molecular flexibility index (Phi) is 6.49. The largest absolute Gasteiger partial charge is 0.493 e. The van der Waals surface area contributed by atoms with E-state index in [1.807, 2.05) is 30.3 Å². The molecule has 0 bridgehead atoms. The molecule has 0 saturated heterocycles. The van der Waals surface area contributed by atoms with E-state index in [-0.39, 0.29) is 5.91 Å². The molecule has 0 unspecified atom stereocenters. The Morgan fingerprint density at radius 1 is 1.04 bits per heavy atom. The van der Waals surface area contributed by atoms with Crippen LogP contribution in [-0.2, 0) is 6.42 Å². The summed E-state index contributed by atoms with van der Waals surface area (Å²) in [5.74, 6) is 1.08. The molecule has 0 fully saturated rings. The van der Waals surface area contributed by atoms with Crippen LogP contribution in [0.3, 0.4) is 0 Å². The molecule has 128 valence electrons. The number of halogens is 1. The molecule has 0 radical (unpaired) electrons. The van der Waals surface area contributed by atoms with E-state index in [1.165, 1.54) is 26.9 Å². The normalized spacial score (nSPS) is 10.2. The van der Waals surface area contributed by atoms with Crippen molar-refractivity contribution >= 4 is 21.8 Å². The number of hydrogen-bond donors (Lipinski definition) is 1. The zero-order chi connectivity index (χ0) is 17.5. The smallest absolute Gasteiger partial charge is 0.252 e. The second-order valence-corrected chi connectivity index (χ2v) is 5.79. The summed E-state index contributed by atoms with van der Waals surface area (Å²) >= 11 is 3.41. The highest BCUT2D eigenvalue weighted by molar-refractivity contribution is 9.10. The van der Waals surface area contributed by atoms with E-state index in [0.29, 0.717) is 33.8 Å². The quantitative estimate of drug-likeness (QED) is 0.782. The number of rotatable bonds is 7. The van der Waals surface area contributed by atoms with Crippen LogP contribution in [0.25, 0.3) is 0 Å². The van der Waals surface area contributed by atoms with Crippen molar-refractivity contribution in [3.05, 3.63) is 52.0 Å². The molecule has 0 spiro atoms. The molecule has 0 heterocycles. The summed E-state index contributed by atoms with van der Waals surface area (Å²) in [7, 11) is 4.55. The van der Waals surface area contributed by atoms with E-state index in [9.17, 15) is 4.79 Å². The van der Waals surface area contributed by atoms with Gasteiger partial charge in [-0.25, -0.2) is 0 Å². The molecule has 0 aliphatic heterocycles. The highest BCUT2D eigenvalue weighted by Gasteiger charge is 2.22. The van der Waals surface area contributed by atoms with Crippen LogP contribution >= 0.6 is 15.9 Å². The van der Waals surface area contributed by atoms with Crippen LogP contribution in [0.2, 0.25) is 0 Å². The zero-order valence-corrected chi connectivity index (χ0v) is 15.5. The van der Waals surface area contributed by atoms with Gasteiger partial charge in [-0.2, -0.15) is 0 Å². The number of nitrogens with one attached hydrogen (secondary N) is 1. The van der Waals surface area contributed by atoms with Crippen LogP contribution in [0.5, 0.6) is 17.2 Å². The van der Waals surface area contributed by atoms with Gasteiger partial charge in [0.25, 0.3) is 5.91 Å². The topological polar surface area (TPSA) is 56.8 Å². The van der Waals surface area contributed by atoms with Gasteiger partial charge in [-0.15, -0.1) is 0 Å². The first kappa shape index (κ1) is 18.1. The van der Waals surface area contributed by atoms with Gasteiger partial charge < -0.3 is 19.5 Å². The Balaban J connectivity index is 2.16. The standard InChI is InChI=1S/C18H20BrNO4/c1-22-14-11-13(15(19)17(24-3)16(14)23-2)18(21)20-10-9-12-7-5-4-6-8-12/h4-8,11H,9-10H2,1-3H3,(H,20,21). The van der Waals surface area contributed by atoms with Crippen molar-refractivity contribution in [1.82, 2.24) is 5.32 Å². The fourth-order valence-electron chi connectivity index (χ4n) is 2.35. The Morgan fingerprint density at radius 3 is 2.29 bits per heavy atom. The van der Waals surface area contributed by atoms with Gasteiger partial charge in [0, 0.05) is 6.54 Å². The summed E-state index contributed by atoms with van der Waals surface area (Å²) in [4.78, 5) is 12.5. The average Bonchev–Trinajstić information content (AvgIpc) is 2.61. The third-order valence-electron chi connectivity index (χ3n) is 3.56. The SMILES string of the molecule is COc1cc(C(=O)NCCc2ccccc2)c(Br)c(OC)c1OC. The number of carbonyl (C=O) groups excluding carboxylic acids is 1. The molecule has 24 heavy (non-hydrogen) atoms. The van der Waals surface area contributed by atoms with E-state index in [4.69, 9.17) is 14.2 Å². The molecule has 5 nitrogen and oxygen atoms in total. The van der Waals surface area contributed by atoms with Crippen molar-refractivity contribution in [1.29, 1.82) is 0 Å². The molecule has 2 aromatic rings. The summed E-state index contributed by atoms with van der Waals surface area (Å²) in [6, 6.07) is 11.6. The molecular formula is C18H20BrNO4. The van der Waals surface area contributed by atoms with Gasteiger partial charge in [0.1, 0.15) is 0 Å². The highest BCUT2D eigenvalue weighted by atomic mass is 79.9. The van der Waals surface area contributed by atoms with E-state index >= 15 is 0 Å². The van der Waals surface area contributed by atoms with Gasteiger partial charge in [0.15, 0.2) is 11.5 Å². The van der Waals surface area contributed by atoms with Crippen molar-refractivity contribution in [3.63, 3.8) is 0 Å². The lowest BCUT2D eigenvalue weighted by atomic mass is 10.1. The Hall–Kier alpha value is -2.21. The van der Waals surface area contributed by atoms with E-state index in [0.717, 1.165) is 6.42 Å². The lowest BCUT2D eigenvalue weighted by molar-refractivity contribution is 0.0952. The number of benzene rings is 2. The number of carbonyl (C=O) groups is 1. The first-order valence-electron chi connectivity index (χ1n) is 7.43. The predicted octanol–water partition coefficient (Wildman–Crippen LogP) is 3.45. The highest BCUT2D eigenvalue weighted by Crippen LogP contribution is 2.44. The molecule has 0 atom stereocenters. The number of ether oxygens (including phenoxy) is 3. The van der Waals surface area contributed by atoms with Gasteiger partial charge >= 0.3 is 0 Å². The molecular weight excluding hydrogens is 374 g/mol. The third kappa shape index (κ3) is 4.00. The second-order valence-electron chi connectivity index (χ2n) is 5.00. The molecule has 2 aromatic carbocycles. The van der Waals surface area contributed by atoms with Crippen LogP contribution in [-0.4, -0.2) is 33.8 Å². The molecule has 0 aliphatic rings. The summed E-state index contributed by atoms with van der Waals surface area (Å²) in [6.45, 7) is 0.534. The third-order valence-corrected chi connectivity index (χ3v) is 4.34. The fraction of sp³-hybridized carbons (Fsp3) is 0.278. The lowest BCUT2D eigenvalue weighted by Gasteiger charge is -2.16. The monoisotopic (exact) mass is 393 g/mol. The van der Waals surface area contributed by atoms with Crippen molar-refractivity contribution in [3.8, 4) is 17.2 Å². The Bertz CT molecular complexity index is 704. The van der Waals surface area contributed by atoms with Crippen molar-refractivity contribution in [2.45, 2.75) is 6.42 Å². The van der Waals surface area contributed by atoms with Crippen LogP contribution in [0, 0.1) is 0 Å². The molecule has 0 saturated carbocycles. The molecule has 0 aromatic heterocycles. The number of hydrogen-bond acceptors (Lipinski definition) is 4.